The van der Waals surface area contributed by atoms with Gasteiger partial charge in [-0.15, -0.1) is 11.8 Å². The van der Waals surface area contributed by atoms with Crippen LogP contribution in [0, 0.1) is 0 Å². The van der Waals surface area contributed by atoms with Crippen molar-refractivity contribution in [2.24, 2.45) is 0 Å². The number of rotatable bonds is 4. The van der Waals surface area contributed by atoms with Gasteiger partial charge < -0.3 is 5.32 Å². The van der Waals surface area contributed by atoms with Gasteiger partial charge in [0.1, 0.15) is 0 Å². The van der Waals surface area contributed by atoms with Gasteiger partial charge in [-0.25, -0.2) is 9.78 Å². The van der Waals surface area contributed by atoms with E-state index in [9.17, 15) is 4.79 Å². The molecule has 1 aromatic rings. The zero-order valence-corrected chi connectivity index (χ0v) is 11.2. The predicted molar refractivity (Wildman–Crippen MR) is 69.5 cm³/mol. The van der Waals surface area contributed by atoms with E-state index < -0.39 is 0 Å². The highest BCUT2D eigenvalue weighted by molar-refractivity contribution is 7.98. The fourth-order valence-electron chi connectivity index (χ4n) is 1.10. The van der Waals surface area contributed by atoms with Crippen molar-refractivity contribution in [3.63, 3.8) is 0 Å². The van der Waals surface area contributed by atoms with Crippen molar-refractivity contribution in [3.05, 3.63) is 23.9 Å². The summed E-state index contributed by atoms with van der Waals surface area (Å²) in [5, 5.41) is 3.59. The summed E-state index contributed by atoms with van der Waals surface area (Å²) in [5.41, 5.74) is 1.15. The van der Waals surface area contributed by atoms with Crippen LogP contribution in [0.1, 0.15) is 5.56 Å². The maximum absolute atomic E-state index is 11.3. The van der Waals surface area contributed by atoms with Crippen molar-refractivity contribution in [2.45, 2.75) is 10.8 Å². The number of pyridine rings is 1. The average Bonchev–Trinajstić information content (AvgIpc) is 2.35. The van der Waals surface area contributed by atoms with Gasteiger partial charge in [-0.05, 0) is 29.8 Å². The summed E-state index contributed by atoms with van der Waals surface area (Å²) in [4.78, 5) is 15.5. The number of amides is 2. The third kappa shape index (κ3) is 3.61. The molecule has 0 unspecified atom stereocenters. The molecule has 0 spiro atoms. The number of hydrogen-bond acceptors (Lipinski definition) is 4. The summed E-state index contributed by atoms with van der Waals surface area (Å²) in [6.45, 7) is 0. The first kappa shape index (κ1) is 13.2. The van der Waals surface area contributed by atoms with Crippen molar-refractivity contribution in [1.29, 1.82) is 0 Å². The molecule has 1 aromatic heterocycles. The Kier molecular flexibility index (Phi) is 5.48. The topological polar surface area (TPSA) is 45.2 Å². The Morgan fingerprint density at radius 1 is 1.62 bits per heavy atom. The van der Waals surface area contributed by atoms with E-state index in [1.165, 1.54) is 11.9 Å². The van der Waals surface area contributed by atoms with E-state index >= 15 is 0 Å². The van der Waals surface area contributed by atoms with Crippen LogP contribution in [0.5, 0.6) is 0 Å². The first-order valence-electron chi connectivity index (χ1n) is 4.75. The second-order valence-corrected chi connectivity index (χ2v) is 4.89. The fourth-order valence-corrected chi connectivity index (χ4v) is 2.53. The number of carbonyl (C=O) groups excluding carboxylic acids is 1. The number of urea groups is 1. The van der Waals surface area contributed by atoms with Crippen LogP contribution in [0.15, 0.2) is 23.4 Å². The summed E-state index contributed by atoms with van der Waals surface area (Å²) >= 11 is 3.08. The fraction of sp³-hybridized carbons (Fsp3) is 0.400. The molecule has 16 heavy (non-hydrogen) atoms. The van der Waals surface area contributed by atoms with Gasteiger partial charge in [0.15, 0.2) is 0 Å². The molecule has 1 rings (SSSR count). The van der Waals surface area contributed by atoms with Gasteiger partial charge in [0, 0.05) is 26.0 Å². The minimum atomic E-state index is -0.0976. The molecule has 0 bridgehead atoms. The van der Waals surface area contributed by atoms with E-state index in [1.807, 2.05) is 18.4 Å². The molecule has 0 saturated heterocycles. The second-order valence-electron chi connectivity index (χ2n) is 3.00. The van der Waals surface area contributed by atoms with E-state index in [4.69, 9.17) is 0 Å². The van der Waals surface area contributed by atoms with Crippen molar-refractivity contribution in [2.75, 3.05) is 20.4 Å². The lowest BCUT2D eigenvalue weighted by atomic mass is 10.3. The number of nitrogens with zero attached hydrogens (tertiary/aromatic N) is 2. The van der Waals surface area contributed by atoms with E-state index in [1.54, 1.807) is 36.4 Å². The normalized spacial score (nSPS) is 9.94. The highest BCUT2D eigenvalue weighted by atomic mass is 32.2. The molecule has 0 radical (unpaired) electrons. The SMILES string of the molecule is CNC(=O)N(C)SCc1cccnc1SC. The maximum atomic E-state index is 11.3. The Labute approximate surface area is 104 Å². The smallest absolute Gasteiger partial charge is 0.326 e. The summed E-state index contributed by atoms with van der Waals surface area (Å²) in [5.74, 6) is 0.744. The van der Waals surface area contributed by atoms with Crippen molar-refractivity contribution < 1.29 is 4.79 Å². The van der Waals surface area contributed by atoms with Crippen LogP contribution in [0.25, 0.3) is 0 Å². The van der Waals surface area contributed by atoms with Gasteiger partial charge >= 0.3 is 6.03 Å². The Hall–Kier alpha value is -0.880. The molecule has 0 aliphatic rings. The van der Waals surface area contributed by atoms with E-state index in [2.05, 4.69) is 10.3 Å². The lowest BCUT2D eigenvalue weighted by molar-refractivity contribution is 0.233. The molecule has 2 amide bonds. The zero-order chi connectivity index (χ0) is 12.0. The summed E-state index contributed by atoms with van der Waals surface area (Å²) in [6.07, 6.45) is 3.78. The zero-order valence-electron chi connectivity index (χ0n) is 9.56. The molecule has 0 aliphatic carbocycles. The minimum absolute atomic E-state index is 0.0976. The minimum Gasteiger partial charge on any atom is -0.340 e. The molecule has 0 aromatic carbocycles. The van der Waals surface area contributed by atoms with Crippen LogP contribution in [0.2, 0.25) is 0 Å². The summed E-state index contributed by atoms with van der Waals surface area (Å²) in [7, 11) is 3.37. The van der Waals surface area contributed by atoms with Crippen molar-refractivity contribution >= 4 is 29.7 Å². The van der Waals surface area contributed by atoms with E-state index in [0.29, 0.717) is 0 Å². The van der Waals surface area contributed by atoms with E-state index in [-0.39, 0.29) is 6.03 Å². The number of hydrogen-bond donors (Lipinski definition) is 1. The molecular formula is C10H15N3OS2. The largest absolute Gasteiger partial charge is 0.340 e. The monoisotopic (exact) mass is 257 g/mol. The van der Waals surface area contributed by atoms with Crippen LogP contribution in [0.3, 0.4) is 0 Å². The van der Waals surface area contributed by atoms with Gasteiger partial charge in [-0.2, -0.15) is 0 Å². The molecule has 0 fully saturated rings. The lowest BCUT2D eigenvalue weighted by Gasteiger charge is -2.15. The number of aromatic nitrogens is 1. The van der Waals surface area contributed by atoms with Crippen LogP contribution < -0.4 is 5.32 Å². The standard InChI is InChI=1S/C10H15N3OS2/c1-11-10(14)13(2)16-7-8-5-4-6-12-9(8)15-3/h4-6H,7H2,1-3H3,(H,11,14). The van der Waals surface area contributed by atoms with E-state index in [0.717, 1.165) is 16.3 Å². The molecule has 6 heteroatoms. The molecule has 0 atom stereocenters. The molecule has 0 aliphatic heterocycles. The van der Waals surface area contributed by atoms with Crippen LogP contribution in [-0.2, 0) is 5.75 Å². The highest BCUT2D eigenvalue weighted by Gasteiger charge is 2.08. The van der Waals surface area contributed by atoms with Crippen LogP contribution in [-0.4, -0.2) is 35.7 Å². The molecule has 88 valence electrons. The van der Waals surface area contributed by atoms with Gasteiger partial charge in [-0.1, -0.05) is 6.07 Å². The van der Waals surface area contributed by atoms with Crippen molar-refractivity contribution in [3.8, 4) is 0 Å². The van der Waals surface area contributed by atoms with Crippen LogP contribution in [0.4, 0.5) is 4.79 Å². The molecule has 0 saturated carbocycles. The van der Waals surface area contributed by atoms with Crippen molar-refractivity contribution in [1.82, 2.24) is 14.6 Å². The Morgan fingerprint density at radius 3 is 3.00 bits per heavy atom. The Bertz CT molecular complexity index is 360. The molecule has 1 heterocycles. The summed E-state index contributed by atoms with van der Waals surface area (Å²) < 4.78 is 1.58. The third-order valence-corrected chi connectivity index (χ3v) is 3.70. The Morgan fingerprint density at radius 2 is 2.38 bits per heavy atom. The number of thioether (sulfide) groups is 1. The van der Waals surface area contributed by atoms with Gasteiger partial charge in [0.25, 0.3) is 0 Å². The second kappa shape index (κ2) is 6.65. The van der Waals surface area contributed by atoms with Gasteiger partial charge in [0.05, 0.1) is 5.03 Å². The Balaban J connectivity index is 2.57. The first-order valence-corrected chi connectivity index (χ1v) is 6.92. The lowest BCUT2D eigenvalue weighted by Crippen LogP contribution is -2.29. The first-order chi connectivity index (χ1) is 7.69. The van der Waals surface area contributed by atoms with Gasteiger partial charge in [-0.3, -0.25) is 4.31 Å². The number of carbonyl (C=O) groups is 1. The summed E-state index contributed by atoms with van der Waals surface area (Å²) in [6, 6.07) is 3.85. The third-order valence-electron chi connectivity index (χ3n) is 1.96. The predicted octanol–water partition coefficient (Wildman–Crippen LogP) is 2.22. The highest BCUT2D eigenvalue weighted by Crippen LogP contribution is 2.22. The number of nitrogens with one attached hydrogen (secondary N) is 1. The molecule has 1 N–H and O–H groups in total. The average molecular weight is 257 g/mol. The molecule has 4 nitrogen and oxygen atoms in total. The maximum Gasteiger partial charge on any atom is 0.326 e. The van der Waals surface area contributed by atoms with Crippen LogP contribution >= 0.6 is 23.7 Å². The molecular weight excluding hydrogens is 242 g/mol. The van der Waals surface area contributed by atoms with Gasteiger partial charge in [0.2, 0.25) is 0 Å². The quantitative estimate of drug-likeness (QED) is 0.663.